The van der Waals surface area contributed by atoms with Crippen molar-refractivity contribution >= 4 is 11.6 Å². The standard InChI is InChI=1S/C23H27ClO7/c1-3-29-18-6-12(2)4-5-13(18)7-14-8-16-15(9-17(14)24)11-30-23(16)22(28)21(27)20(26)19(10-25)31-23/h4-6,8-9,19-22,25-28H,3,7,10-11H2,1-2H3/t19-,20-,21+,22-,23+/m1/s1. The first kappa shape index (κ1) is 22.5. The maximum Gasteiger partial charge on any atom is 0.225 e. The molecule has 4 N–H and O–H groups in total. The third-order valence-corrected chi connectivity index (χ3v) is 6.30. The van der Waals surface area contributed by atoms with Crippen LogP contribution in [0.5, 0.6) is 5.75 Å². The number of halogens is 1. The summed E-state index contributed by atoms with van der Waals surface area (Å²) >= 11 is 6.56. The van der Waals surface area contributed by atoms with Gasteiger partial charge in [-0.15, -0.1) is 0 Å². The van der Waals surface area contributed by atoms with Crippen molar-refractivity contribution in [1.29, 1.82) is 0 Å². The van der Waals surface area contributed by atoms with Crippen molar-refractivity contribution in [2.24, 2.45) is 0 Å². The molecule has 7 nitrogen and oxygen atoms in total. The van der Waals surface area contributed by atoms with E-state index in [1.54, 1.807) is 12.1 Å². The molecule has 1 saturated heterocycles. The van der Waals surface area contributed by atoms with Crippen LogP contribution in [0.25, 0.3) is 0 Å². The van der Waals surface area contributed by atoms with E-state index in [2.05, 4.69) is 0 Å². The monoisotopic (exact) mass is 450 g/mol. The summed E-state index contributed by atoms with van der Waals surface area (Å²) in [5.41, 5.74) is 4.04. The number of benzene rings is 2. The molecule has 2 aromatic rings. The molecule has 1 spiro atoms. The van der Waals surface area contributed by atoms with Crippen LogP contribution in [0, 0.1) is 6.92 Å². The Morgan fingerprint density at radius 3 is 2.61 bits per heavy atom. The van der Waals surface area contributed by atoms with Crippen LogP contribution in [-0.2, 0) is 28.3 Å². The van der Waals surface area contributed by atoms with Crippen molar-refractivity contribution in [2.45, 2.75) is 57.1 Å². The molecule has 1 fully saturated rings. The molecule has 5 atom stereocenters. The van der Waals surface area contributed by atoms with Gasteiger partial charge in [0.15, 0.2) is 0 Å². The Morgan fingerprint density at radius 2 is 1.90 bits per heavy atom. The lowest BCUT2D eigenvalue weighted by Gasteiger charge is -2.46. The summed E-state index contributed by atoms with van der Waals surface area (Å²) in [5.74, 6) is -0.922. The van der Waals surface area contributed by atoms with Gasteiger partial charge in [-0.3, -0.25) is 0 Å². The van der Waals surface area contributed by atoms with Crippen LogP contribution in [0.4, 0.5) is 0 Å². The SMILES string of the molecule is CCOc1cc(C)ccc1Cc1cc2c(cc1Cl)CO[C@]21O[C@H](CO)[C@@H](O)[C@H](O)[C@H]1O. The Bertz CT molecular complexity index is 963. The van der Waals surface area contributed by atoms with E-state index in [4.69, 9.17) is 25.8 Å². The molecule has 2 aliphatic heterocycles. The van der Waals surface area contributed by atoms with E-state index in [1.165, 1.54) is 0 Å². The molecule has 2 aromatic carbocycles. The van der Waals surface area contributed by atoms with E-state index in [-0.39, 0.29) is 6.61 Å². The molecule has 168 valence electrons. The van der Waals surface area contributed by atoms with Crippen LogP contribution in [-0.4, -0.2) is 58.1 Å². The van der Waals surface area contributed by atoms with Gasteiger partial charge in [-0.25, -0.2) is 0 Å². The van der Waals surface area contributed by atoms with Crippen LogP contribution in [0.1, 0.15) is 34.7 Å². The number of aliphatic hydroxyl groups is 4. The lowest BCUT2D eigenvalue weighted by atomic mass is 9.86. The van der Waals surface area contributed by atoms with Crippen LogP contribution in [0.2, 0.25) is 5.02 Å². The van der Waals surface area contributed by atoms with Crippen molar-refractivity contribution in [3.63, 3.8) is 0 Å². The normalized spacial score (nSPS) is 29.9. The highest BCUT2D eigenvalue weighted by Gasteiger charge is 2.58. The fourth-order valence-corrected chi connectivity index (χ4v) is 4.54. The Morgan fingerprint density at radius 1 is 1.13 bits per heavy atom. The Kier molecular flexibility index (Phi) is 6.29. The molecule has 0 aromatic heterocycles. The molecule has 0 amide bonds. The summed E-state index contributed by atoms with van der Waals surface area (Å²) < 4.78 is 17.4. The summed E-state index contributed by atoms with van der Waals surface area (Å²) in [6, 6.07) is 9.52. The van der Waals surface area contributed by atoms with E-state index in [1.807, 2.05) is 32.0 Å². The van der Waals surface area contributed by atoms with E-state index in [0.717, 1.165) is 22.4 Å². The third-order valence-electron chi connectivity index (χ3n) is 5.94. The average molecular weight is 451 g/mol. The summed E-state index contributed by atoms with van der Waals surface area (Å²) in [7, 11) is 0. The summed E-state index contributed by atoms with van der Waals surface area (Å²) in [6.45, 7) is 4.03. The van der Waals surface area contributed by atoms with Crippen LogP contribution >= 0.6 is 11.6 Å². The molecular formula is C23H27ClO7. The first-order valence-corrected chi connectivity index (χ1v) is 10.7. The summed E-state index contributed by atoms with van der Waals surface area (Å²) in [6.07, 6.45) is -5.16. The predicted octanol–water partition coefficient (Wildman–Crippen LogP) is 1.79. The number of aliphatic hydroxyl groups excluding tert-OH is 4. The second-order valence-electron chi connectivity index (χ2n) is 8.04. The number of hydrogen-bond donors (Lipinski definition) is 4. The van der Waals surface area contributed by atoms with Gasteiger partial charge < -0.3 is 34.6 Å². The van der Waals surface area contributed by atoms with Crippen molar-refractivity contribution in [2.75, 3.05) is 13.2 Å². The van der Waals surface area contributed by atoms with Gasteiger partial charge in [-0.1, -0.05) is 23.7 Å². The first-order valence-electron chi connectivity index (χ1n) is 10.3. The Hall–Kier alpha value is -1.71. The highest BCUT2D eigenvalue weighted by molar-refractivity contribution is 6.31. The quantitative estimate of drug-likeness (QED) is 0.550. The minimum absolute atomic E-state index is 0.113. The molecule has 0 saturated carbocycles. The molecule has 8 heteroatoms. The van der Waals surface area contributed by atoms with Crippen LogP contribution < -0.4 is 4.74 Å². The van der Waals surface area contributed by atoms with Crippen molar-refractivity contribution in [3.8, 4) is 5.75 Å². The minimum Gasteiger partial charge on any atom is -0.494 e. The average Bonchev–Trinajstić information content (AvgIpc) is 3.09. The lowest BCUT2D eigenvalue weighted by Crippen LogP contribution is -2.63. The largest absolute Gasteiger partial charge is 0.494 e. The number of ether oxygens (including phenoxy) is 3. The zero-order chi connectivity index (χ0) is 22.3. The van der Waals surface area contributed by atoms with Gasteiger partial charge in [-0.05, 0) is 54.3 Å². The van der Waals surface area contributed by atoms with Crippen molar-refractivity contribution < 1.29 is 34.6 Å². The molecule has 2 heterocycles. The minimum atomic E-state index is -1.70. The highest BCUT2D eigenvalue weighted by atomic mass is 35.5. The molecule has 0 unspecified atom stereocenters. The molecular weight excluding hydrogens is 424 g/mol. The van der Waals surface area contributed by atoms with E-state index >= 15 is 0 Å². The maximum absolute atomic E-state index is 10.8. The molecule has 0 bridgehead atoms. The van der Waals surface area contributed by atoms with Crippen LogP contribution in [0.15, 0.2) is 30.3 Å². The van der Waals surface area contributed by atoms with Gasteiger partial charge in [0.1, 0.15) is 30.2 Å². The fraction of sp³-hybridized carbons (Fsp3) is 0.478. The van der Waals surface area contributed by atoms with Crippen molar-refractivity contribution in [3.05, 3.63) is 63.2 Å². The zero-order valence-corrected chi connectivity index (χ0v) is 18.2. The van der Waals surface area contributed by atoms with E-state index in [9.17, 15) is 20.4 Å². The molecule has 2 aliphatic rings. The number of rotatable bonds is 5. The second kappa shape index (κ2) is 8.67. The Balaban J connectivity index is 1.74. The zero-order valence-electron chi connectivity index (χ0n) is 17.4. The molecule has 4 rings (SSSR count). The van der Waals surface area contributed by atoms with Gasteiger partial charge in [0.2, 0.25) is 5.79 Å². The van der Waals surface area contributed by atoms with Gasteiger partial charge >= 0.3 is 0 Å². The predicted molar refractivity (Wildman–Crippen MR) is 113 cm³/mol. The second-order valence-corrected chi connectivity index (χ2v) is 8.45. The smallest absolute Gasteiger partial charge is 0.225 e. The fourth-order valence-electron chi connectivity index (χ4n) is 4.29. The lowest BCUT2D eigenvalue weighted by molar-refractivity contribution is -0.368. The number of fused-ring (bicyclic) bond motifs is 2. The summed E-state index contributed by atoms with van der Waals surface area (Å²) in [5, 5.41) is 41.4. The van der Waals surface area contributed by atoms with Gasteiger partial charge in [-0.2, -0.15) is 0 Å². The van der Waals surface area contributed by atoms with Crippen molar-refractivity contribution in [1.82, 2.24) is 0 Å². The van der Waals surface area contributed by atoms with Gasteiger partial charge in [0, 0.05) is 17.0 Å². The summed E-state index contributed by atoms with van der Waals surface area (Å²) in [4.78, 5) is 0. The van der Waals surface area contributed by atoms with Gasteiger partial charge in [0.25, 0.3) is 0 Å². The molecule has 0 aliphatic carbocycles. The number of hydrogen-bond acceptors (Lipinski definition) is 7. The highest BCUT2D eigenvalue weighted by Crippen LogP contribution is 2.47. The number of aryl methyl sites for hydroxylation is 1. The van der Waals surface area contributed by atoms with Crippen LogP contribution in [0.3, 0.4) is 0 Å². The molecule has 31 heavy (non-hydrogen) atoms. The van der Waals surface area contributed by atoms with E-state index in [0.29, 0.717) is 29.2 Å². The Labute approximate surface area is 185 Å². The first-order chi connectivity index (χ1) is 14.8. The third kappa shape index (κ3) is 3.85. The molecule has 0 radical (unpaired) electrons. The van der Waals surface area contributed by atoms with E-state index < -0.39 is 36.8 Å². The topological polar surface area (TPSA) is 109 Å². The van der Waals surface area contributed by atoms with Gasteiger partial charge in [0.05, 0.1) is 19.8 Å². The maximum atomic E-state index is 10.8.